The fourth-order valence-corrected chi connectivity index (χ4v) is 1.21. The predicted molar refractivity (Wildman–Crippen MR) is 46.0 cm³/mol. The third-order valence-electron chi connectivity index (χ3n) is 1.64. The number of halogens is 3. The minimum atomic E-state index is -1.17. The fraction of sp³-hybridized carbons (Fsp3) is 0.222. The van der Waals surface area contributed by atoms with Gasteiger partial charge in [0.05, 0.1) is 10.6 Å². The van der Waals surface area contributed by atoms with Gasteiger partial charge >= 0.3 is 0 Å². The molecule has 1 aromatic carbocycles. The summed E-state index contributed by atoms with van der Waals surface area (Å²) in [5.41, 5.74) is -0.357. The number of hydrogen-bond acceptors (Lipinski definition) is 1. The largest absolute Gasteiger partial charge is 0.294 e. The maximum absolute atomic E-state index is 13.0. The molecule has 0 fully saturated rings. The van der Waals surface area contributed by atoms with Crippen LogP contribution in [0, 0.1) is 11.6 Å². The summed E-state index contributed by atoms with van der Waals surface area (Å²) in [6.07, 6.45) is 0.0973. The molecule has 0 saturated heterocycles. The highest BCUT2D eigenvalue weighted by molar-refractivity contribution is 6.34. The standard InChI is InChI=1S/C9H7ClF2O/c1-2-7(13)8-5(10)3-4-6(11)9(8)12/h3-4H,2H2,1H3. The van der Waals surface area contributed by atoms with Crippen molar-refractivity contribution in [3.63, 3.8) is 0 Å². The van der Waals surface area contributed by atoms with Gasteiger partial charge in [-0.3, -0.25) is 4.79 Å². The van der Waals surface area contributed by atoms with Crippen LogP contribution in [0.4, 0.5) is 8.78 Å². The molecule has 0 aliphatic heterocycles. The van der Waals surface area contributed by atoms with Gasteiger partial charge in [0.15, 0.2) is 17.4 Å². The maximum Gasteiger partial charge on any atom is 0.171 e. The van der Waals surface area contributed by atoms with E-state index in [2.05, 4.69) is 0 Å². The zero-order valence-corrected chi connectivity index (χ0v) is 7.66. The molecule has 1 aromatic rings. The van der Waals surface area contributed by atoms with Crippen molar-refractivity contribution in [3.05, 3.63) is 34.4 Å². The first kappa shape index (κ1) is 10.1. The molecule has 1 nitrogen and oxygen atoms in total. The van der Waals surface area contributed by atoms with Crippen molar-refractivity contribution in [3.8, 4) is 0 Å². The van der Waals surface area contributed by atoms with Gasteiger partial charge in [-0.05, 0) is 12.1 Å². The average molecular weight is 205 g/mol. The van der Waals surface area contributed by atoms with Gasteiger partial charge in [-0.2, -0.15) is 0 Å². The van der Waals surface area contributed by atoms with Crippen LogP contribution in [-0.4, -0.2) is 5.78 Å². The van der Waals surface area contributed by atoms with Crippen molar-refractivity contribution < 1.29 is 13.6 Å². The molecule has 0 atom stereocenters. The zero-order chi connectivity index (χ0) is 10.0. The van der Waals surface area contributed by atoms with E-state index in [1.807, 2.05) is 0 Å². The Morgan fingerprint density at radius 3 is 2.62 bits per heavy atom. The molecule has 0 aliphatic carbocycles. The van der Waals surface area contributed by atoms with Crippen molar-refractivity contribution in [2.24, 2.45) is 0 Å². The van der Waals surface area contributed by atoms with Gasteiger partial charge in [-0.15, -0.1) is 0 Å². The molecule has 0 spiro atoms. The smallest absolute Gasteiger partial charge is 0.171 e. The first-order chi connectivity index (χ1) is 6.07. The highest BCUT2D eigenvalue weighted by Crippen LogP contribution is 2.22. The summed E-state index contributed by atoms with van der Waals surface area (Å²) in [4.78, 5) is 11.1. The van der Waals surface area contributed by atoms with Gasteiger partial charge in [0.25, 0.3) is 0 Å². The molecule has 70 valence electrons. The van der Waals surface area contributed by atoms with Crippen molar-refractivity contribution in [1.82, 2.24) is 0 Å². The Kier molecular flexibility index (Phi) is 2.98. The van der Waals surface area contributed by atoms with Crippen LogP contribution in [0.2, 0.25) is 5.02 Å². The Morgan fingerprint density at radius 2 is 2.08 bits per heavy atom. The minimum Gasteiger partial charge on any atom is -0.294 e. The van der Waals surface area contributed by atoms with Crippen molar-refractivity contribution in [2.75, 3.05) is 0 Å². The van der Waals surface area contributed by atoms with Crippen molar-refractivity contribution >= 4 is 17.4 Å². The highest BCUT2D eigenvalue weighted by atomic mass is 35.5. The summed E-state index contributed by atoms with van der Waals surface area (Å²) < 4.78 is 25.7. The van der Waals surface area contributed by atoms with Crippen LogP contribution in [0.1, 0.15) is 23.7 Å². The number of Topliss-reactive ketones (excluding diaryl/α,β-unsaturated/α-hetero) is 1. The Balaban J connectivity index is 3.33. The highest BCUT2D eigenvalue weighted by Gasteiger charge is 2.17. The van der Waals surface area contributed by atoms with E-state index in [1.54, 1.807) is 6.92 Å². The van der Waals surface area contributed by atoms with Crippen molar-refractivity contribution in [1.29, 1.82) is 0 Å². The van der Waals surface area contributed by atoms with Crippen molar-refractivity contribution in [2.45, 2.75) is 13.3 Å². The van der Waals surface area contributed by atoms with Crippen LogP contribution < -0.4 is 0 Å². The lowest BCUT2D eigenvalue weighted by Crippen LogP contribution is -2.03. The second-order valence-electron chi connectivity index (χ2n) is 2.49. The molecule has 4 heteroatoms. The van der Waals surface area contributed by atoms with E-state index in [-0.39, 0.29) is 17.0 Å². The Hall–Kier alpha value is -0.960. The summed E-state index contributed by atoms with van der Waals surface area (Å²) in [6, 6.07) is 2.06. The van der Waals surface area contributed by atoms with Gasteiger partial charge in [0, 0.05) is 6.42 Å². The molecule has 0 N–H and O–H groups in total. The molecule has 1 rings (SSSR count). The van der Waals surface area contributed by atoms with Gasteiger partial charge in [0.2, 0.25) is 0 Å². The quantitative estimate of drug-likeness (QED) is 0.534. The van der Waals surface area contributed by atoms with E-state index < -0.39 is 17.4 Å². The first-order valence-electron chi connectivity index (χ1n) is 3.74. The Bertz CT molecular complexity index is 350. The number of carbonyl (C=O) groups is 1. The third-order valence-corrected chi connectivity index (χ3v) is 1.96. The monoisotopic (exact) mass is 204 g/mol. The minimum absolute atomic E-state index is 0.0502. The van der Waals surface area contributed by atoms with Gasteiger partial charge in [0.1, 0.15) is 0 Å². The maximum atomic E-state index is 13.0. The molecule has 0 radical (unpaired) electrons. The molecule has 0 saturated carbocycles. The van der Waals surface area contributed by atoms with Crippen LogP contribution in [0.3, 0.4) is 0 Å². The molecule has 13 heavy (non-hydrogen) atoms. The molecular weight excluding hydrogens is 198 g/mol. The second kappa shape index (κ2) is 3.83. The normalized spacial score (nSPS) is 10.2. The number of rotatable bonds is 2. The van der Waals surface area contributed by atoms with E-state index in [4.69, 9.17) is 11.6 Å². The molecule has 0 aromatic heterocycles. The van der Waals surface area contributed by atoms with Crippen LogP contribution >= 0.6 is 11.6 Å². The molecule has 0 aliphatic rings. The summed E-state index contributed by atoms with van der Waals surface area (Å²) in [5.74, 6) is -2.72. The number of benzene rings is 1. The molecule has 0 unspecified atom stereocenters. The zero-order valence-electron chi connectivity index (χ0n) is 6.90. The lowest BCUT2D eigenvalue weighted by atomic mass is 10.1. The van der Waals surface area contributed by atoms with E-state index in [0.29, 0.717) is 0 Å². The lowest BCUT2D eigenvalue weighted by molar-refractivity contribution is 0.0983. The summed E-state index contributed by atoms with van der Waals surface area (Å²) in [5, 5.41) is -0.0502. The third kappa shape index (κ3) is 1.86. The van der Waals surface area contributed by atoms with E-state index >= 15 is 0 Å². The molecule has 0 heterocycles. The number of hydrogen-bond donors (Lipinski definition) is 0. The first-order valence-corrected chi connectivity index (χ1v) is 4.12. The van der Waals surface area contributed by atoms with E-state index in [0.717, 1.165) is 6.07 Å². The van der Waals surface area contributed by atoms with E-state index in [9.17, 15) is 13.6 Å². The predicted octanol–water partition coefficient (Wildman–Crippen LogP) is 3.21. The van der Waals surface area contributed by atoms with Crippen LogP contribution in [0.15, 0.2) is 12.1 Å². The van der Waals surface area contributed by atoms with Crippen LogP contribution in [-0.2, 0) is 0 Å². The van der Waals surface area contributed by atoms with Gasteiger partial charge in [-0.25, -0.2) is 8.78 Å². The Morgan fingerprint density at radius 1 is 1.46 bits per heavy atom. The van der Waals surface area contributed by atoms with Crippen LogP contribution in [0.25, 0.3) is 0 Å². The molecule has 0 bridgehead atoms. The Labute approximate surface area is 79.3 Å². The summed E-state index contributed by atoms with van der Waals surface area (Å²) >= 11 is 5.55. The summed E-state index contributed by atoms with van der Waals surface area (Å²) in [7, 11) is 0. The molecule has 0 amide bonds. The van der Waals surface area contributed by atoms with Gasteiger partial charge < -0.3 is 0 Å². The van der Waals surface area contributed by atoms with Gasteiger partial charge in [-0.1, -0.05) is 18.5 Å². The van der Waals surface area contributed by atoms with E-state index in [1.165, 1.54) is 6.07 Å². The number of carbonyl (C=O) groups excluding carboxylic acids is 1. The average Bonchev–Trinajstić information content (AvgIpc) is 2.12. The number of ketones is 1. The van der Waals surface area contributed by atoms with Crippen LogP contribution in [0.5, 0.6) is 0 Å². The second-order valence-corrected chi connectivity index (χ2v) is 2.90. The fourth-order valence-electron chi connectivity index (χ4n) is 0.959. The topological polar surface area (TPSA) is 17.1 Å². The summed E-state index contributed by atoms with van der Waals surface area (Å²) in [6.45, 7) is 1.56. The SMILES string of the molecule is CCC(=O)c1c(Cl)ccc(F)c1F. The lowest BCUT2D eigenvalue weighted by Gasteiger charge is -2.03. The molecular formula is C9H7ClF2O.